The van der Waals surface area contributed by atoms with Gasteiger partial charge in [0.2, 0.25) is 20.1 Å². The first-order valence-corrected chi connectivity index (χ1v) is 59.7. The molecule has 3 radical (unpaired) electrons. The molecule has 2 aromatic carbocycles. The molecular weight excluding hydrogens is 1590 g/mol. The third kappa shape index (κ3) is 26.0. The van der Waals surface area contributed by atoms with Crippen molar-refractivity contribution in [2.45, 2.75) is 353 Å². The van der Waals surface area contributed by atoms with Gasteiger partial charge in [0.05, 0.1) is 25.2 Å². The van der Waals surface area contributed by atoms with Crippen LogP contribution in [0.5, 0.6) is 5.75 Å². The summed E-state index contributed by atoms with van der Waals surface area (Å²) >= 11 is 0. The first kappa shape index (κ1) is 100. The molecule has 4 N–H and O–H groups in total. The summed E-state index contributed by atoms with van der Waals surface area (Å²) in [5.41, 5.74) is 1.53. The van der Waals surface area contributed by atoms with E-state index in [1.807, 2.05) is 55.5 Å². The third-order valence-corrected chi connectivity index (χ3v) is 53.9. The molecule has 7 amide bonds. The van der Waals surface area contributed by atoms with Crippen LogP contribution < -0.4 is 30.9 Å². The molecule has 4 heterocycles. The van der Waals surface area contributed by atoms with Gasteiger partial charge in [0, 0.05) is 12.5 Å². The fourth-order valence-electron chi connectivity index (χ4n) is 12.7. The molecule has 4 fully saturated rings. The number of rotatable bonds is 36. The minimum absolute atomic E-state index is 0.0211. The Labute approximate surface area is 707 Å². The van der Waals surface area contributed by atoms with Crippen molar-refractivity contribution in [3.8, 4) is 5.75 Å². The van der Waals surface area contributed by atoms with E-state index in [2.05, 4.69) is 240 Å². The van der Waals surface area contributed by atoms with Gasteiger partial charge >= 0.3 is 323 Å². The fraction of sp³-hybridized carbons (Fsp3) is 0.765. The topological polar surface area (TPSA) is 289 Å². The number of nitrogens with zero attached hydrogens (tertiary/aromatic N) is 4. The average Bonchev–Trinajstić information content (AvgIpc) is 1.59. The van der Waals surface area contributed by atoms with Crippen molar-refractivity contribution in [3.05, 3.63) is 59.7 Å². The van der Waals surface area contributed by atoms with Gasteiger partial charge in [-0.05, 0) is 104 Å². The minimum atomic E-state index is -3.03. The third-order valence-electron chi connectivity index (χ3n) is 26.4. The van der Waals surface area contributed by atoms with Crippen molar-refractivity contribution in [2.24, 2.45) is 10.8 Å². The molecule has 0 aliphatic carbocycles. The van der Waals surface area contributed by atoms with Crippen molar-refractivity contribution in [1.82, 2.24) is 35.8 Å². The zero-order chi connectivity index (χ0) is 88.2. The van der Waals surface area contributed by atoms with Crippen LogP contribution in [-0.2, 0) is 82.6 Å². The second kappa shape index (κ2) is 38.4. The van der Waals surface area contributed by atoms with E-state index in [0.29, 0.717) is 18.8 Å². The number of alkyl carbamates (subject to hydrolysis) is 1. The number of hydrogen-bond acceptors (Lipinski definition) is 18. The van der Waals surface area contributed by atoms with Crippen LogP contribution in [0.15, 0.2) is 53.4 Å². The number of carbonyl (C=O) groups excluding carboxylic acids is 7. The van der Waals surface area contributed by atoms with E-state index in [1.165, 1.54) is 12.0 Å². The quantitative estimate of drug-likeness (QED) is 0.0280. The monoisotopic (exact) mass is 1730 g/mol. The first-order chi connectivity index (χ1) is 52.8. The molecule has 12 atom stereocenters. The Hall–Kier alpha value is -4.64. The predicted octanol–water partition coefficient (Wildman–Crippen LogP) is 12.8. The second-order valence-corrected chi connectivity index (χ2v) is 70.9. The molecule has 649 valence electrons. The molecule has 116 heavy (non-hydrogen) atoms. The van der Waals surface area contributed by atoms with Gasteiger partial charge in [-0.15, -0.1) is 0 Å². The number of amides is 7. The van der Waals surface area contributed by atoms with Gasteiger partial charge in [-0.25, -0.2) is 0 Å². The van der Waals surface area contributed by atoms with Gasteiger partial charge < -0.3 is 42.0 Å². The zero-order valence-corrected chi connectivity index (χ0v) is 84.1. The van der Waals surface area contributed by atoms with Crippen molar-refractivity contribution in [2.75, 3.05) is 39.8 Å². The zero-order valence-electron chi connectivity index (χ0n) is 77.1. The number of ether oxygens (including phenoxy) is 1. The van der Waals surface area contributed by atoms with Crippen molar-refractivity contribution >= 4 is 128 Å². The molecule has 2 aromatic rings. The van der Waals surface area contributed by atoms with Crippen LogP contribution in [0.4, 0.5) is 4.79 Å². The molecule has 25 nitrogen and oxygen atoms in total. The van der Waals surface area contributed by atoms with E-state index < -0.39 is 171 Å². The molecule has 6 rings (SSSR count). The molecule has 0 spiro atoms. The summed E-state index contributed by atoms with van der Waals surface area (Å²) in [6, 6.07) is 6.93. The van der Waals surface area contributed by atoms with E-state index in [1.54, 1.807) is 23.5 Å². The SMILES string of the molecule is COB=NC(CCCNC(=O)OCc1ccccc1[Si])C(=O)N[C@H](C(=O)N1C[C@H](O[Si](C)(C)C(C)(C)C)C[C@H]1C(=O)N[C@H](C(=O)N[C@H](C(=O)N1C[C@H](C)[C@H](O[Si](C)(C)C(C)(C)C)[C@H]1C(=O)N(B1CO1)B1CO1)C(C)O[Si](C)(C)C(C)(C)C)[C@@H](Cc1ccc(O[Si](C)(C)C(C)(C)C)cc1)O[Si](C)(C)C(C)(C)C)C(C)O[Si](C)(C)C(C)(C)C. The molecule has 0 bridgehead atoms. The van der Waals surface area contributed by atoms with Gasteiger partial charge in [-0.2, -0.15) is 0 Å². The maximum atomic E-state index is 17.0. The number of benzene rings is 2. The number of nitrogens with one attached hydrogen (secondary N) is 4. The summed E-state index contributed by atoms with van der Waals surface area (Å²) in [4.78, 5) is 119. The van der Waals surface area contributed by atoms with E-state index in [0.717, 1.165) is 23.6 Å². The summed E-state index contributed by atoms with van der Waals surface area (Å²) in [5.74, 6) is -3.46. The van der Waals surface area contributed by atoms with Crippen molar-refractivity contribution in [3.63, 3.8) is 0 Å². The molecule has 0 saturated carbocycles. The first-order valence-electron chi connectivity index (χ1n) is 41.8. The van der Waals surface area contributed by atoms with Crippen LogP contribution in [0.2, 0.25) is 109 Å². The Kier molecular flexibility index (Phi) is 33.2. The normalized spacial score (nSPS) is 20.7. The van der Waals surface area contributed by atoms with Gasteiger partial charge in [0.1, 0.15) is 17.8 Å². The van der Waals surface area contributed by atoms with E-state index in [-0.39, 0.29) is 88.9 Å². The van der Waals surface area contributed by atoms with E-state index in [4.69, 9.17) is 45.3 Å². The summed E-state index contributed by atoms with van der Waals surface area (Å²) in [6.07, 6.45) is -4.93. The van der Waals surface area contributed by atoms with Gasteiger partial charge in [-0.3, -0.25) is 14.4 Å². The van der Waals surface area contributed by atoms with Gasteiger partial charge in [-0.1, -0.05) is 129 Å². The Morgan fingerprint density at radius 3 is 1.54 bits per heavy atom. The Morgan fingerprint density at radius 1 is 0.603 bits per heavy atom. The van der Waals surface area contributed by atoms with Crippen LogP contribution in [0.1, 0.15) is 176 Å². The Morgan fingerprint density at radius 2 is 1.07 bits per heavy atom. The maximum absolute atomic E-state index is 17.0. The van der Waals surface area contributed by atoms with Gasteiger partial charge in [0.25, 0.3) is 0 Å². The predicted molar refractivity (Wildman–Crippen MR) is 479 cm³/mol. The van der Waals surface area contributed by atoms with Crippen LogP contribution >= 0.6 is 0 Å². The molecule has 4 aliphatic rings. The average molecular weight is 1730 g/mol. The standard InChI is InChI=1S/C81H146B3N8O17Si7/c1-53-48-91(67(68(53)109-116(33,34)81(19,20)21)74(98)92(83-51-102-83)84-52-103-84)73(97)65(55(3)105-112(25,26)77(7,8)9)87-71(95)66(62(108-115(31,32)80(16,17)18)46-56-41-43-58(44-42-56)106-113(27,28)78(10,11)12)88-70(94)61-47-59(107-114(29,30)79(13,14)15)49-90(61)72(96)64(54(2)104-111(23,24)76(4,5)6)86-69(93)60(89-82-100-22)39-37-45-85-75(99)101-50-57-38-35-36-40-63(57)110/h35-36,38,40-44,53-55,59-62,64-68H,37,39,45-52H2,1-34H3,(H,85,99)(H,86,93)(H,87,95)(H,88,94)/t53-,54?,55?,59+,60?,61-,62+,64-,65-,66-,67-,68-/m0/s1. The molecule has 4 saturated heterocycles. The van der Waals surface area contributed by atoms with Crippen LogP contribution in [0, 0.1) is 5.92 Å². The molecular formula is C81H146B3N8O17Si7. The second-order valence-electron chi connectivity index (χ2n) is 41.9. The molecule has 4 aliphatic heterocycles. The molecule has 35 heteroatoms. The van der Waals surface area contributed by atoms with Crippen LogP contribution in [0.25, 0.3) is 0 Å². The van der Waals surface area contributed by atoms with E-state index >= 15 is 28.8 Å². The summed E-state index contributed by atoms with van der Waals surface area (Å²) < 4.78 is 67.3. The summed E-state index contributed by atoms with van der Waals surface area (Å²) in [7, 11) is -11.4. The Balaban J connectivity index is 1.56. The summed E-state index contributed by atoms with van der Waals surface area (Å²) in [5, 5.41) is 11.2. The fourth-order valence-corrected chi connectivity index (χ4v) is 20.9. The summed E-state index contributed by atoms with van der Waals surface area (Å²) in [6.45, 7) is 69.6. The van der Waals surface area contributed by atoms with Crippen molar-refractivity contribution < 1.29 is 78.8 Å². The van der Waals surface area contributed by atoms with Crippen LogP contribution in [0.3, 0.4) is 0 Å². The van der Waals surface area contributed by atoms with Crippen LogP contribution in [-0.4, -0.2) is 244 Å². The number of hydrogen-bond donors (Lipinski definition) is 4. The van der Waals surface area contributed by atoms with Gasteiger partial charge in [0.15, 0.2) is 25.0 Å². The number of carbonyl (C=O) groups is 7. The van der Waals surface area contributed by atoms with E-state index in [9.17, 15) is 4.79 Å². The molecule has 3 unspecified atom stereocenters. The number of likely N-dealkylation sites (tertiary alicyclic amines) is 2. The Bertz CT molecular complexity index is 3730. The molecule has 0 aromatic heterocycles. The van der Waals surface area contributed by atoms with Crippen molar-refractivity contribution in [1.29, 1.82) is 0 Å².